The molecule has 0 bridgehead atoms. The second-order valence-corrected chi connectivity index (χ2v) is 7.68. The van der Waals surface area contributed by atoms with E-state index in [-0.39, 0.29) is 18.3 Å². The van der Waals surface area contributed by atoms with Crippen LogP contribution >= 0.6 is 0 Å². The minimum absolute atomic E-state index is 0.00754. The van der Waals surface area contributed by atoms with Crippen LogP contribution in [0.15, 0.2) is 55.0 Å². The van der Waals surface area contributed by atoms with Crippen molar-refractivity contribution in [3.8, 4) is 11.3 Å². The zero-order chi connectivity index (χ0) is 22.8. The summed E-state index contributed by atoms with van der Waals surface area (Å²) in [5, 5.41) is 14.9. The van der Waals surface area contributed by atoms with Crippen LogP contribution in [0.5, 0.6) is 0 Å². The van der Waals surface area contributed by atoms with E-state index >= 15 is 0 Å². The Hall–Kier alpha value is -3.82. The van der Waals surface area contributed by atoms with Gasteiger partial charge in [-0.05, 0) is 35.7 Å². The average molecular weight is 447 g/mol. The molecule has 3 N–H and O–H groups in total. The summed E-state index contributed by atoms with van der Waals surface area (Å²) in [5.74, 6) is 0.110. The largest absolute Gasteiger partial charge is 0.394 e. The van der Waals surface area contributed by atoms with Crippen LogP contribution < -0.4 is 10.6 Å². The van der Waals surface area contributed by atoms with Crippen molar-refractivity contribution < 1.29 is 19.0 Å². The summed E-state index contributed by atoms with van der Waals surface area (Å²) < 4.78 is 20.7. The first-order chi connectivity index (χ1) is 16.1. The highest BCUT2D eigenvalue weighted by Gasteiger charge is 2.27. The van der Waals surface area contributed by atoms with Crippen molar-refractivity contribution in [1.82, 2.24) is 19.7 Å². The Bertz CT molecular complexity index is 1320. The van der Waals surface area contributed by atoms with Gasteiger partial charge in [-0.2, -0.15) is 0 Å². The summed E-state index contributed by atoms with van der Waals surface area (Å²) in [6.45, 7) is 1.24. The molecule has 9 heteroatoms. The number of carbonyl (C=O) groups excluding carboxylic acids is 1. The predicted molar refractivity (Wildman–Crippen MR) is 121 cm³/mol. The number of pyridine rings is 2. The second kappa shape index (κ2) is 8.97. The quantitative estimate of drug-likeness (QED) is 0.359. The van der Waals surface area contributed by atoms with Gasteiger partial charge in [-0.3, -0.25) is 9.20 Å². The summed E-state index contributed by atoms with van der Waals surface area (Å²) >= 11 is 0. The molecule has 1 amide bonds. The topological polar surface area (TPSA) is 101 Å². The number of amides is 1. The third kappa shape index (κ3) is 4.15. The SMILES string of the molecule is O=C1NCc2c(-c3cnc4cc(F)ccn34)ccc(Nc3ccc(CCOCCO)cn3)c21. The molecule has 5 rings (SSSR count). The number of nitrogens with one attached hydrogen (secondary N) is 2. The number of hydrogen-bond acceptors (Lipinski definition) is 6. The number of aliphatic hydroxyl groups excluding tert-OH is 1. The van der Waals surface area contributed by atoms with Gasteiger partial charge < -0.3 is 20.5 Å². The second-order valence-electron chi connectivity index (χ2n) is 7.68. The molecular formula is C24H22FN5O3. The molecule has 1 aliphatic rings. The van der Waals surface area contributed by atoms with E-state index in [2.05, 4.69) is 20.6 Å². The van der Waals surface area contributed by atoms with Crippen LogP contribution in [0.4, 0.5) is 15.9 Å². The number of ether oxygens (including phenoxy) is 1. The molecule has 0 spiro atoms. The number of halogens is 1. The number of hydrogen-bond donors (Lipinski definition) is 3. The lowest BCUT2D eigenvalue weighted by Gasteiger charge is -2.13. The molecule has 4 aromatic rings. The smallest absolute Gasteiger partial charge is 0.254 e. The molecule has 0 fully saturated rings. The highest BCUT2D eigenvalue weighted by Crippen LogP contribution is 2.35. The van der Waals surface area contributed by atoms with Crippen LogP contribution in [0.2, 0.25) is 0 Å². The molecule has 0 saturated carbocycles. The van der Waals surface area contributed by atoms with E-state index in [0.29, 0.717) is 48.9 Å². The van der Waals surface area contributed by atoms with Gasteiger partial charge in [0.2, 0.25) is 0 Å². The fourth-order valence-electron chi connectivity index (χ4n) is 3.99. The van der Waals surface area contributed by atoms with Crippen LogP contribution in [0.25, 0.3) is 16.9 Å². The fraction of sp³-hybridized carbons (Fsp3) is 0.208. The molecule has 3 aromatic heterocycles. The number of rotatable bonds is 8. The van der Waals surface area contributed by atoms with Gasteiger partial charge in [0.05, 0.1) is 43.0 Å². The standard InChI is InChI=1S/C24H22FN5O3/c25-16-5-7-30-20(14-27-22(30)11-16)17-2-3-19(23-18(17)13-28-24(23)32)29-21-4-1-15(12-26-21)6-9-33-10-8-31/h1-5,7,11-12,14,31H,6,8-10,13H2,(H,26,29)(H,28,32). The number of nitrogens with zero attached hydrogens (tertiary/aromatic N) is 3. The lowest BCUT2D eigenvalue weighted by molar-refractivity contribution is 0.0944. The monoisotopic (exact) mass is 447 g/mol. The summed E-state index contributed by atoms with van der Waals surface area (Å²) in [7, 11) is 0. The number of imidazole rings is 1. The molecule has 33 heavy (non-hydrogen) atoms. The fourth-order valence-corrected chi connectivity index (χ4v) is 3.99. The molecular weight excluding hydrogens is 425 g/mol. The molecule has 0 atom stereocenters. The maximum Gasteiger partial charge on any atom is 0.254 e. The van der Waals surface area contributed by atoms with E-state index in [1.54, 1.807) is 23.0 Å². The van der Waals surface area contributed by atoms with Crippen molar-refractivity contribution >= 4 is 23.1 Å². The van der Waals surface area contributed by atoms with E-state index in [1.165, 1.54) is 12.1 Å². The average Bonchev–Trinajstić information content (AvgIpc) is 3.42. The van der Waals surface area contributed by atoms with E-state index in [9.17, 15) is 9.18 Å². The van der Waals surface area contributed by atoms with Gasteiger partial charge in [0.25, 0.3) is 5.91 Å². The van der Waals surface area contributed by atoms with Crippen LogP contribution in [0.1, 0.15) is 21.5 Å². The van der Waals surface area contributed by atoms with Crippen molar-refractivity contribution in [1.29, 1.82) is 0 Å². The third-order valence-electron chi connectivity index (χ3n) is 5.58. The van der Waals surface area contributed by atoms with Gasteiger partial charge >= 0.3 is 0 Å². The number of aliphatic hydroxyl groups is 1. The molecule has 8 nitrogen and oxygen atoms in total. The Morgan fingerprint density at radius 2 is 2.06 bits per heavy atom. The third-order valence-corrected chi connectivity index (χ3v) is 5.58. The molecule has 0 radical (unpaired) electrons. The molecule has 4 heterocycles. The van der Waals surface area contributed by atoms with Gasteiger partial charge in [-0.15, -0.1) is 0 Å². The Morgan fingerprint density at radius 1 is 1.15 bits per heavy atom. The maximum absolute atomic E-state index is 13.6. The summed E-state index contributed by atoms with van der Waals surface area (Å²) in [5.41, 5.74) is 5.25. The van der Waals surface area contributed by atoms with Crippen molar-refractivity contribution in [2.45, 2.75) is 13.0 Å². The van der Waals surface area contributed by atoms with Gasteiger partial charge in [-0.25, -0.2) is 14.4 Å². The van der Waals surface area contributed by atoms with Crippen LogP contribution in [-0.4, -0.2) is 45.2 Å². The van der Waals surface area contributed by atoms with Gasteiger partial charge in [0.15, 0.2) is 0 Å². The summed E-state index contributed by atoms with van der Waals surface area (Å²) in [6, 6.07) is 10.3. The molecule has 0 unspecified atom stereocenters. The number of carbonyl (C=O) groups is 1. The highest BCUT2D eigenvalue weighted by atomic mass is 19.1. The van der Waals surface area contributed by atoms with Gasteiger partial charge in [0, 0.05) is 30.6 Å². The molecule has 0 saturated heterocycles. The minimum Gasteiger partial charge on any atom is -0.394 e. The first-order valence-corrected chi connectivity index (χ1v) is 10.6. The van der Waals surface area contributed by atoms with E-state index in [1.807, 2.05) is 24.3 Å². The first kappa shape index (κ1) is 21.0. The van der Waals surface area contributed by atoms with Crippen LogP contribution in [0.3, 0.4) is 0 Å². The zero-order valence-corrected chi connectivity index (χ0v) is 17.7. The Labute approximate surface area is 189 Å². The van der Waals surface area contributed by atoms with Crippen LogP contribution in [0, 0.1) is 5.82 Å². The molecule has 1 aromatic carbocycles. The van der Waals surface area contributed by atoms with Crippen molar-refractivity contribution in [2.24, 2.45) is 0 Å². The highest BCUT2D eigenvalue weighted by molar-refractivity contribution is 6.06. The van der Waals surface area contributed by atoms with E-state index < -0.39 is 0 Å². The molecule has 1 aliphatic heterocycles. The summed E-state index contributed by atoms with van der Waals surface area (Å²) in [6.07, 6.45) is 5.78. The molecule has 0 aliphatic carbocycles. The Kier molecular flexibility index (Phi) is 5.72. The summed E-state index contributed by atoms with van der Waals surface area (Å²) in [4.78, 5) is 21.4. The Morgan fingerprint density at radius 3 is 2.88 bits per heavy atom. The number of fused-ring (bicyclic) bond motifs is 2. The Balaban J connectivity index is 1.42. The predicted octanol–water partition coefficient (Wildman–Crippen LogP) is 3.07. The van der Waals surface area contributed by atoms with Crippen molar-refractivity contribution in [3.05, 3.63) is 77.5 Å². The van der Waals surface area contributed by atoms with E-state index in [4.69, 9.17) is 9.84 Å². The number of anilines is 2. The van der Waals surface area contributed by atoms with Gasteiger partial charge in [-0.1, -0.05) is 12.1 Å². The normalized spacial score (nSPS) is 12.7. The number of benzene rings is 1. The van der Waals surface area contributed by atoms with Crippen molar-refractivity contribution in [3.63, 3.8) is 0 Å². The molecule has 168 valence electrons. The maximum atomic E-state index is 13.6. The minimum atomic E-state index is -0.350. The van der Waals surface area contributed by atoms with Crippen molar-refractivity contribution in [2.75, 3.05) is 25.1 Å². The lowest BCUT2D eigenvalue weighted by Crippen LogP contribution is -2.13. The van der Waals surface area contributed by atoms with Crippen LogP contribution in [-0.2, 0) is 17.7 Å². The zero-order valence-electron chi connectivity index (χ0n) is 17.7. The lowest BCUT2D eigenvalue weighted by atomic mass is 9.99. The van der Waals surface area contributed by atoms with Gasteiger partial charge in [0.1, 0.15) is 17.3 Å². The first-order valence-electron chi connectivity index (χ1n) is 10.6. The number of aromatic nitrogens is 3. The van der Waals surface area contributed by atoms with E-state index in [0.717, 1.165) is 22.4 Å².